The van der Waals surface area contributed by atoms with Crippen molar-refractivity contribution in [2.75, 3.05) is 22.9 Å². The monoisotopic (exact) mass is 222 g/mol. The second-order valence-corrected chi connectivity index (χ2v) is 4.18. The number of carbonyl (C=O) groups is 1. The zero-order chi connectivity index (χ0) is 10.8. The van der Waals surface area contributed by atoms with Gasteiger partial charge in [-0.2, -0.15) is 12.6 Å². The third-order valence-electron chi connectivity index (χ3n) is 2.69. The summed E-state index contributed by atoms with van der Waals surface area (Å²) in [5.74, 6) is 1.24. The second kappa shape index (κ2) is 4.14. The number of carbonyl (C=O) groups excluding carboxylic acids is 1. The fourth-order valence-electron chi connectivity index (χ4n) is 1.87. The molecule has 0 bridgehead atoms. The van der Waals surface area contributed by atoms with Gasteiger partial charge in [-0.05, 0) is 23.8 Å². The number of hydrogen-bond acceptors (Lipinski definition) is 3. The van der Waals surface area contributed by atoms with E-state index in [9.17, 15) is 4.79 Å². The third kappa shape index (κ3) is 1.95. The van der Waals surface area contributed by atoms with Crippen molar-refractivity contribution in [3.63, 3.8) is 0 Å². The molecule has 1 heterocycles. The highest BCUT2D eigenvalue weighted by Gasteiger charge is 2.30. The minimum atomic E-state index is 0.145. The molecular formula is C11H14N2OS. The van der Waals surface area contributed by atoms with Gasteiger partial charge in [0.2, 0.25) is 5.91 Å². The van der Waals surface area contributed by atoms with Crippen molar-refractivity contribution in [2.24, 2.45) is 5.92 Å². The van der Waals surface area contributed by atoms with Gasteiger partial charge in [0.15, 0.2) is 0 Å². The van der Waals surface area contributed by atoms with E-state index < -0.39 is 0 Å². The Labute approximate surface area is 94.7 Å². The maximum atomic E-state index is 11.7. The Morgan fingerprint density at radius 1 is 1.47 bits per heavy atom. The number of nitrogens with zero attached hydrogens (tertiary/aromatic N) is 1. The standard InChI is InChI=1S/C11H14N2OS/c12-9-3-1-2-4-10(9)13-6-8(7-15)5-11(13)14/h1-4,8,15H,5-7,12H2. The first-order chi connectivity index (χ1) is 7.22. The van der Waals surface area contributed by atoms with E-state index in [-0.39, 0.29) is 5.91 Å². The van der Waals surface area contributed by atoms with E-state index in [4.69, 9.17) is 5.73 Å². The van der Waals surface area contributed by atoms with E-state index in [1.165, 1.54) is 0 Å². The summed E-state index contributed by atoms with van der Waals surface area (Å²) in [6.45, 7) is 0.733. The van der Waals surface area contributed by atoms with Gasteiger partial charge in [0.1, 0.15) is 0 Å². The third-order valence-corrected chi connectivity index (χ3v) is 3.21. The Bertz CT molecular complexity index is 381. The zero-order valence-electron chi connectivity index (χ0n) is 8.39. The molecule has 1 unspecified atom stereocenters. The van der Waals surface area contributed by atoms with Crippen LogP contribution in [0.15, 0.2) is 24.3 Å². The van der Waals surface area contributed by atoms with Gasteiger partial charge in [-0.15, -0.1) is 0 Å². The molecular weight excluding hydrogens is 208 g/mol. The van der Waals surface area contributed by atoms with E-state index in [1.54, 1.807) is 4.90 Å². The SMILES string of the molecule is Nc1ccccc1N1CC(CS)CC1=O. The van der Waals surface area contributed by atoms with Gasteiger partial charge in [0.05, 0.1) is 11.4 Å². The van der Waals surface area contributed by atoms with E-state index in [0.29, 0.717) is 18.0 Å². The number of nitrogen functional groups attached to an aromatic ring is 1. The molecule has 0 aromatic heterocycles. The summed E-state index contributed by atoms with van der Waals surface area (Å²) in [6.07, 6.45) is 0.581. The van der Waals surface area contributed by atoms with Crippen molar-refractivity contribution in [1.82, 2.24) is 0 Å². The van der Waals surface area contributed by atoms with Gasteiger partial charge < -0.3 is 10.6 Å². The van der Waals surface area contributed by atoms with Crippen LogP contribution in [0, 0.1) is 5.92 Å². The Kier molecular flexibility index (Phi) is 2.86. The molecule has 3 nitrogen and oxygen atoms in total. The van der Waals surface area contributed by atoms with Crippen molar-refractivity contribution in [2.45, 2.75) is 6.42 Å². The fourth-order valence-corrected chi connectivity index (χ4v) is 2.11. The topological polar surface area (TPSA) is 46.3 Å². The molecule has 1 aliphatic rings. The van der Waals surface area contributed by atoms with Crippen molar-refractivity contribution >= 4 is 29.9 Å². The van der Waals surface area contributed by atoms with E-state index in [0.717, 1.165) is 18.0 Å². The highest BCUT2D eigenvalue weighted by Crippen LogP contribution is 2.29. The fraction of sp³-hybridized carbons (Fsp3) is 0.364. The molecule has 1 atom stereocenters. The molecule has 1 aromatic rings. The number of rotatable bonds is 2. The molecule has 4 heteroatoms. The number of thiol groups is 1. The quantitative estimate of drug-likeness (QED) is 0.589. The van der Waals surface area contributed by atoms with Crippen LogP contribution < -0.4 is 10.6 Å². The molecule has 80 valence electrons. The van der Waals surface area contributed by atoms with Crippen molar-refractivity contribution in [3.05, 3.63) is 24.3 Å². The lowest BCUT2D eigenvalue weighted by Crippen LogP contribution is -2.25. The first-order valence-electron chi connectivity index (χ1n) is 4.98. The first kappa shape index (κ1) is 10.4. The minimum Gasteiger partial charge on any atom is -0.397 e. The van der Waals surface area contributed by atoms with Crippen molar-refractivity contribution in [3.8, 4) is 0 Å². The maximum Gasteiger partial charge on any atom is 0.227 e. The highest BCUT2D eigenvalue weighted by molar-refractivity contribution is 7.80. The average molecular weight is 222 g/mol. The number of nitrogens with two attached hydrogens (primary N) is 1. The number of para-hydroxylation sites is 2. The van der Waals surface area contributed by atoms with Gasteiger partial charge in [0.25, 0.3) is 0 Å². The smallest absolute Gasteiger partial charge is 0.227 e. The molecule has 0 aliphatic carbocycles. The van der Waals surface area contributed by atoms with Crippen LogP contribution in [-0.4, -0.2) is 18.2 Å². The number of anilines is 2. The lowest BCUT2D eigenvalue weighted by atomic mass is 10.1. The Morgan fingerprint density at radius 3 is 2.80 bits per heavy atom. The van der Waals surface area contributed by atoms with Gasteiger partial charge in [-0.1, -0.05) is 12.1 Å². The largest absolute Gasteiger partial charge is 0.397 e. The second-order valence-electron chi connectivity index (χ2n) is 3.82. The summed E-state index contributed by atoms with van der Waals surface area (Å²) in [6, 6.07) is 7.47. The van der Waals surface area contributed by atoms with Crippen molar-refractivity contribution in [1.29, 1.82) is 0 Å². The summed E-state index contributed by atoms with van der Waals surface area (Å²) in [7, 11) is 0. The molecule has 15 heavy (non-hydrogen) atoms. The molecule has 0 radical (unpaired) electrons. The molecule has 1 amide bonds. The van der Waals surface area contributed by atoms with E-state index >= 15 is 0 Å². The first-order valence-corrected chi connectivity index (χ1v) is 5.61. The van der Waals surface area contributed by atoms with Gasteiger partial charge >= 0.3 is 0 Å². The minimum absolute atomic E-state index is 0.145. The lowest BCUT2D eigenvalue weighted by Gasteiger charge is -2.18. The Balaban J connectivity index is 2.25. The van der Waals surface area contributed by atoms with Crippen LogP contribution in [0.4, 0.5) is 11.4 Å². The zero-order valence-corrected chi connectivity index (χ0v) is 9.28. The summed E-state index contributed by atoms with van der Waals surface area (Å²) < 4.78 is 0. The van der Waals surface area contributed by atoms with Crippen LogP contribution in [0.1, 0.15) is 6.42 Å². The summed E-state index contributed by atoms with van der Waals surface area (Å²) in [4.78, 5) is 13.5. The summed E-state index contributed by atoms with van der Waals surface area (Å²) >= 11 is 4.23. The van der Waals surface area contributed by atoms with Crippen LogP contribution in [0.2, 0.25) is 0 Å². The van der Waals surface area contributed by atoms with Crippen LogP contribution in [0.25, 0.3) is 0 Å². The molecule has 0 saturated carbocycles. The number of benzene rings is 1. The molecule has 2 rings (SSSR count). The predicted molar refractivity (Wildman–Crippen MR) is 65.2 cm³/mol. The highest BCUT2D eigenvalue weighted by atomic mass is 32.1. The maximum absolute atomic E-state index is 11.7. The normalized spacial score (nSPS) is 21.0. The van der Waals surface area contributed by atoms with E-state index in [1.807, 2.05) is 24.3 Å². The number of amides is 1. The lowest BCUT2D eigenvalue weighted by molar-refractivity contribution is -0.117. The molecule has 0 spiro atoms. The van der Waals surface area contributed by atoms with E-state index in [2.05, 4.69) is 12.6 Å². The Morgan fingerprint density at radius 2 is 2.20 bits per heavy atom. The average Bonchev–Trinajstić information content (AvgIpc) is 2.60. The van der Waals surface area contributed by atoms with Crippen molar-refractivity contribution < 1.29 is 4.79 Å². The van der Waals surface area contributed by atoms with Crippen LogP contribution >= 0.6 is 12.6 Å². The molecule has 1 aliphatic heterocycles. The number of hydrogen-bond donors (Lipinski definition) is 2. The predicted octanol–water partition coefficient (Wildman–Crippen LogP) is 1.55. The van der Waals surface area contributed by atoms with Crippen LogP contribution in [0.5, 0.6) is 0 Å². The molecule has 1 fully saturated rings. The van der Waals surface area contributed by atoms with Gasteiger partial charge in [0, 0.05) is 13.0 Å². The summed E-state index contributed by atoms with van der Waals surface area (Å²) in [5.41, 5.74) is 7.32. The van der Waals surface area contributed by atoms with Crippen LogP contribution in [-0.2, 0) is 4.79 Å². The van der Waals surface area contributed by atoms with Crippen LogP contribution in [0.3, 0.4) is 0 Å². The molecule has 2 N–H and O–H groups in total. The van der Waals surface area contributed by atoms with Gasteiger partial charge in [-0.25, -0.2) is 0 Å². The molecule has 1 saturated heterocycles. The van der Waals surface area contributed by atoms with Gasteiger partial charge in [-0.3, -0.25) is 4.79 Å². The summed E-state index contributed by atoms with van der Waals surface area (Å²) in [5, 5.41) is 0. The Hall–Kier alpha value is -1.16. The molecule has 1 aromatic carbocycles.